The van der Waals surface area contributed by atoms with Gasteiger partial charge in [-0.25, -0.2) is 9.59 Å². The summed E-state index contributed by atoms with van der Waals surface area (Å²) >= 11 is 0. The van der Waals surface area contributed by atoms with Crippen molar-refractivity contribution in [1.82, 2.24) is 10.2 Å². The number of carbonyl (C=O) groups excluding carboxylic acids is 2. The van der Waals surface area contributed by atoms with Crippen molar-refractivity contribution in [2.75, 3.05) is 26.9 Å². The van der Waals surface area contributed by atoms with Gasteiger partial charge in [0.1, 0.15) is 12.6 Å². The van der Waals surface area contributed by atoms with Crippen LogP contribution in [0, 0.1) is 0 Å². The average molecular weight is 304 g/mol. The Hall–Kier alpha value is -1.83. The highest BCUT2D eigenvalue weighted by Crippen LogP contribution is 2.02. The van der Waals surface area contributed by atoms with Crippen LogP contribution >= 0.6 is 0 Å². The molecular formula is C13H24N2O6. The number of urea groups is 1. The highest BCUT2D eigenvalue weighted by atomic mass is 16.5. The van der Waals surface area contributed by atoms with Crippen molar-refractivity contribution in [1.29, 1.82) is 0 Å². The van der Waals surface area contributed by atoms with E-state index in [1.807, 2.05) is 0 Å². The molecule has 21 heavy (non-hydrogen) atoms. The number of methoxy groups -OCH3 is 1. The molecule has 0 saturated heterocycles. The SMILES string of the molecule is CCOC(=O)CN(C(=O)NC(CCOC)C(=O)O)C(C)C. The summed E-state index contributed by atoms with van der Waals surface area (Å²) in [6, 6.07) is -1.96. The first kappa shape index (κ1) is 19.2. The first-order chi connectivity index (χ1) is 9.83. The monoisotopic (exact) mass is 304 g/mol. The molecule has 0 aliphatic carbocycles. The third-order valence-corrected chi connectivity index (χ3v) is 2.70. The van der Waals surface area contributed by atoms with Gasteiger partial charge in [-0.2, -0.15) is 0 Å². The second kappa shape index (κ2) is 9.98. The molecule has 0 aromatic carbocycles. The molecule has 1 unspecified atom stereocenters. The van der Waals surface area contributed by atoms with Crippen LogP contribution in [0.2, 0.25) is 0 Å². The third kappa shape index (κ3) is 7.50. The van der Waals surface area contributed by atoms with Gasteiger partial charge in [-0.05, 0) is 20.8 Å². The van der Waals surface area contributed by atoms with Crippen LogP contribution in [-0.4, -0.2) is 66.9 Å². The Morgan fingerprint density at radius 3 is 2.33 bits per heavy atom. The molecule has 0 rings (SSSR count). The number of nitrogens with one attached hydrogen (secondary N) is 1. The van der Waals surface area contributed by atoms with E-state index in [0.717, 1.165) is 0 Å². The van der Waals surface area contributed by atoms with Crippen molar-refractivity contribution >= 4 is 18.0 Å². The maximum absolute atomic E-state index is 12.1. The fourth-order valence-electron chi connectivity index (χ4n) is 1.56. The van der Waals surface area contributed by atoms with Gasteiger partial charge in [0.2, 0.25) is 0 Å². The Morgan fingerprint density at radius 2 is 1.90 bits per heavy atom. The molecule has 0 spiro atoms. The van der Waals surface area contributed by atoms with Crippen molar-refractivity contribution in [3.8, 4) is 0 Å². The number of carboxylic acid groups (broad SMARTS) is 1. The average Bonchev–Trinajstić information content (AvgIpc) is 2.40. The second-order valence-electron chi connectivity index (χ2n) is 4.65. The van der Waals surface area contributed by atoms with E-state index in [0.29, 0.717) is 0 Å². The topological polar surface area (TPSA) is 105 Å². The summed E-state index contributed by atoms with van der Waals surface area (Å²) in [6.45, 7) is 5.32. The quantitative estimate of drug-likeness (QED) is 0.600. The maximum Gasteiger partial charge on any atom is 0.326 e. The van der Waals surface area contributed by atoms with E-state index >= 15 is 0 Å². The summed E-state index contributed by atoms with van der Waals surface area (Å²) in [5.74, 6) is -1.69. The van der Waals surface area contributed by atoms with Gasteiger partial charge in [-0.15, -0.1) is 0 Å². The van der Waals surface area contributed by atoms with Gasteiger partial charge >= 0.3 is 18.0 Å². The fraction of sp³-hybridized carbons (Fsp3) is 0.769. The lowest BCUT2D eigenvalue weighted by Gasteiger charge is -2.27. The van der Waals surface area contributed by atoms with Crippen molar-refractivity contribution in [3.05, 3.63) is 0 Å². The van der Waals surface area contributed by atoms with E-state index < -0.39 is 24.0 Å². The Morgan fingerprint density at radius 1 is 1.29 bits per heavy atom. The van der Waals surface area contributed by atoms with E-state index in [9.17, 15) is 14.4 Å². The number of carbonyl (C=O) groups is 3. The Labute approximate surface area is 124 Å². The van der Waals surface area contributed by atoms with Gasteiger partial charge in [0, 0.05) is 26.2 Å². The minimum absolute atomic E-state index is 0.142. The Kier molecular flexibility index (Phi) is 9.11. The molecular weight excluding hydrogens is 280 g/mol. The predicted molar refractivity (Wildman–Crippen MR) is 74.9 cm³/mol. The van der Waals surface area contributed by atoms with Crippen LogP contribution in [0.25, 0.3) is 0 Å². The van der Waals surface area contributed by atoms with Crippen molar-refractivity contribution in [2.24, 2.45) is 0 Å². The molecule has 0 aliphatic heterocycles. The summed E-state index contributed by atoms with van der Waals surface area (Å²) in [4.78, 5) is 35.9. The summed E-state index contributed by atoms with van der Waals surface area (Å²) in [6.07, 6.45) is 0.142. The van der Waals surface area contributed by atoms with Crippen LogP contribution in [-0.2, 0) is 19.1 Å². The van der Waals surface area contributed by atoms with E-state index in [2.05, 4.69) is 5.32 Å². The molecule has 8 nitrogen and oxygen atoms in total. The van der Waals surface area contributed by atoms with Gasteiger partial charge in [0.15, 0.2) is 0 Å². The summed E-state index contributed by atoms with van der Waals surface area (Å²) in [7, 11) is 1.45. The zero-order valence-electron chi connectivity index (χ0n) is 12.9. The first-order valence-electron chi connectivity index (χ1n) is 6.77. The number of aliphatic carboxylic acids is 1. The van der Waals surface area contributed by atoms with Crippen LogP contribution in [0.5, 0.6) is 0 Å². The zero-order chi connectivity index (χ0) is 16.4. The number of hydrogen-bond acceptors (Lipinski definition) is 5. The van der Waals surface area contributed by atoms with Crippen LogP contribution in [0.15, 0.2) is 0 Å². The predicted octanol–water partition coefficient (Wildman–Crippen LogP) is 0.459. The summed E-state index contributed by atoms with van der Waals surface area (Å²) < 4.78 is 9.60. The van der Waals surface area contributed by atoms with Crippen LogP contribution in [0.3, 0.4) is 0 Å². The van der Waals surface area contributed by atoms with E-state index in [1.165, 1.54) is 12.0 Å². The lowest BCUT2D eigenvalue weighted by molar-refractivity contribution is -0.144. The number of ether oxygens (including phenoxy) is 2. The minimum atomic E-state index is -1.15. The summed E-state index contributed by atoms with van der Waals surface area (Å²) in [5.41, 5.74) is 0. The molecule has 0 aromatic rings. The largest absolute Gasteiger partial charge is 0.480 e. The van der Waals surface area contributed by atoms with Gasteiger partial charge in [-0.1, -0.05) is 0 Å². The molecule has 0 radical (unpaired) electrons. The molecule has 0 aliphatic rings. The van der Waals surface area contributed by atoms with E-state index in [4.69, 9.17) is 14.6 Å². The number of hydrogen-bond donors (Lipinski definition) is 2. The molecule has 0 fully saturated rings. The molecule has 0 bridgehead atoms. The zero-order valence-corrected chi connectivity index (χ0v) is 12.9. The first-order valence-corrected chi connectivity index (χ1v) is 6.77. The smallest absolute Gasteiger partial charge is 0.326 e. The minimum Gasteiger partial charge on any atom is -0.480 e. The molecule has 2 amide bonds. The van der Waals surface area contributed by atoms with Crippen molar-refractivity contribution in [2.45, 2.75) is 39.3 Å². The molecule has 1 atom stereocenters. The highest BCUT2D eigenvalue weighted by molar-refractivity contribution is 5.85. The summed E-state index contributed by atoms with van der Waals surface area (Å²) in [5, 5.41) is 11.4. The van der Waals surface area contributed by atoms with Crippen molar-refractivity contribution < 1.29 is 29.0 Å². The molecule has 8 heteroatoms. The van der Waals surface area contributed by atoms with Gasteiger partial charge in [-0.3, -0.25) is 4.79 Å². The van der Waals surface area contributed by atoms with Crippen LogP contribution in [0.4, 0.5) is 4.79 Å². The van der Waals surface area contributed by atoms with Gasteiger partial charge in [0.25, 0.3) is 0 Å². The van der Waals surface area contributed by atoms with E-state index in [1.54, 1.807) is 20.8 Å². The van der Waals surface area contributed by atoms with Crippen molar-refractivity contribution in [3.63, 3.8) is 0 Å². The van der Waals surface area contributed by atoms with Crippen LogP contribution < -0.4 is 5.32 Å². The number of nitrogens with zero attached hydrogens (tertiary/aromatic N) is 1. The Bertz CT molecular complexity index is 359. The standard InChI is InChI=1S/C13H24N2O6/c1-5-21-11(16)8-15(9(2)3)13(19)14-10(12(17)18)6-7-20-4/h9-10H,5-8H2,1-4H3,(H,14,19)(H,17,18). The number of carboxylic acids is 1. The normalized spacial score (nSPS) is 11.9. The second-order valence-corrected chi connectivity index (χ2v) is 4.65. The third-order valence-electron chi connectivity index (χ3n) is 2.70. The maximum atomic E-state index is 12.1. The highest BCUT2D eigenvalue weighted by Gasteiger charge is 2.26. The Balaban J connectivity index is 4.71. The molecule has 0 heterocycles. The van der Waals surface area contributed by atoms with Crippen LogP contribution in [0.1, 0.15) is 27.2 Å². The molecule has 2 N–H and O–H groups in total. The fourth-order valence-corrected chi connectivity index (χ4v) is 1.56. The molecule has 0 aromatic heterocycles. The lowest BCUT2D eigenvalue weighted by Crippen LogP contribution is -2.52. The van der Waals surface area contributed by atoms with E-state index in [-0.39, 0.29) is 32.2 Å². The molecule has 0 saturated carbocycles. The molecule has 122 valence electrons. The van der Waals surface area contributed by atoms with Gasteiger partial charge in [0.05, 0.1) is 6.61 Å². The number of amides is 2. The van der Waals surface area contributed by atoms with Gasteiger partial charge < -0.3 is 24.8 Å². The lowest BCUT2D eigenvalue weighted by atomic mass is 10.2. The number of esters is 1. The number of rotatable bonds is 9.